The number of carbonyl (C=O) groups is 2. The van der Waals surface area contributed by atoms with Gasteiger partial charge in [-0.2, -0.15) is 10.4 Å². The monoisotopic (exact) mass is 553 g/mol. The highest BCUT2D eigenvalue weighted by Gasteiger charge is 2.32. The number of aromatic hydroxyl groups is 1. The number of pyridine rings is 1. The maximum absolute atomic E-state index is 13.5. The number of aryl methyl sites for hydroxylation is 2. The lowest BCUT2D eigenvalue weighted by molar-refractivity contribution is -0.110. The molecule has 2 aromatic rings. The quantitative estimate of drug-likeness (QED) is 0.129. The van der Waals surface area contributed by atoms with Crippen molar-refractivity contribution in [3.8, 4) is 11.8 Å². The minimum absolute atomic E-state index is 0.0272. The Balaban J connectivity index is 2.39. The maximum atomic E-state index is 13.5. The van der Waals surface area contributed by atoms with Gasteiger partial charge >= 0.3 is 0 Å². The number of rotatable bonds is 12. The van der Waals surface area contributed by atoms with E-state index in [4.69, 9.17) is 10.7 Å². The lowest BCUT2D eigenvalue weighted by Crippen LogP contribution is -2.29. The van der Waals surface area contributed by atoms with Crippen molar-refractivity contribution in [3.05, 3.63) is 47.2 Å². The second-order valence-electron chi connectivity index (χ2n) is 8.74. The highest BCUT2D eigenvalue weighted by molar-refractivity contribution is 6.50. The van der Waals surface area contributed by atoms with E-state index < -0.39 is 30.2 Å². The van der Waals surface area contributed by atoms with Gasteiger partial charge in [0.15, 0.2) is 11.6 Å². The van der Waals surface area contributed by atoms with Crippen molar-refractivity contribution in [3.63, 3.8) is 0 Å². The number of nitrogens with one attached hydrogen (secondary N) is 3. The Kier molecular flexibility index (Phi) is 11.2. The third-order valence-corrected chi connectivity index (χ3v) is 5.35. The Bertz CT molecular complexity index is 1390. The van der Waals surface area contributed by atoms with Crippen LogP contribution in [0.4, 0.5) is 20.3 Å². The third kappa shape index (κ3) is 9.12. The smallest absolute Gasteiger partial charge is 0.270 e. The molecular formula is C26H29F2N9O3. The number of anilines is 1. The summed E-state index contributed by atoms with van der Waals surface area (Å²) in [5.41, 5.74) is 0.985. The molecule has 12 nitrogen and oxygen atoms in total. The van der Waals surface area contributed by atoms with Crippen LogP contribution in [0.25, 0.3) is 0 Å². The number of amides is 2. The van der Waals surface area contributed by atoms with E-state index >= 15 is 0 Å². The summed E-state index contributed by atoms with van der Waals surface area (Å²) in [4.78, 5) is 34.1. The summed E-state index contributed by atoms with van der Waals surface area (Å²) >= 11 is 0. The first kappa shape index (κ1) is 31.3. The predicted octanol–water partition coefficient (Wildman–Crippen LogP) is 4.65. The fraction of sp³-hybridized carbons (Fsp3) is 0.346. The van der Waals surface area contributed by atoms with E-state index in [1.807, 2.05) is 6.07 Å². The number of nitrogens with zero attached hydrogens (tertiary/aromatic N) is 6. The van der Waals surface area contributed by atoms with Gasteiger partial charge in [0.25, 0.3) is 17.7 Å². The van der Waals surface area contributed by atoms with E-state index in [0.29, 0.717) is 12.5 Å². The van der Waals surface area contributed by atoms with Crippen LogP contribution in [0.2, 0.25) is 0 Å². The summed E-state index contributed by atoms with van der Waals surface area (Å²) in [6.07, 6.45) is 1.86. The molecule has 0 saturated carbocycles. The third-order valence-electron chi connectivity index (χ3n) is 5.35. The van der Waals surface area contributed by atoms with Gasteiger partial charge in [-0.25, -0.2) is 18.8 Å². The van der Waals surface area contributed by atoms with E-state index in [1.165, 1.54) is 25.3 Å². The van der Waals surface area contributed by atoms with E-state index in [2.05, 4.69) is 36.0 Å². The van der Waals surface area contributed by atoms with Crippen LogP contribution in [-0.2, 0) is 4.79 Å². The molecule has 14 heteroatoms. The summed E-state index contributed by atoms with van der Waals surface area (Å²) in [5, 5.41) is 42.5. The molecule has 2 amide bonds. The van der Waals surface area contributed by atoms with Crippen molar-refractivity contribution in [2.24, 2.45) is 20.4 Å². The molecule has 1 aromatic carbocycles. The van der Waals surface area contributed by atoms with Gasteiger partial charge < -0.3 is 21.1 Å². The average molecular weight is 554 g/mol. The van der Waals surface area contributed by atoms with Gasteiger partial charge in [-0.3, -0.25) is 9.59 Å². The molecule has 210 valence electrons. The lowest BCUT2D eigenvalue weighted by Gasteiger charge is -2.15. The molecule has 0 aliphatic carbocycles. The van der Waals surface area contributed by atoms with Crippen molar-refractivity contribution in [1.82, 2.24) is 10.3 Å². The molecule has 1 atom stereocenters. The molecule has 2 rings (SSSR count). The number of hydrogen-bond donors (Lipinski definition) is 4. The minimum atomic E-state index is -3.09. The van der Waals surface area contributed by atoms with E-state index in [0.717, 1.165) is 11.8 Å². The molecule has 0 aliphatic rings. The van der Waals surface area contributed by atoms with Gasteiger partial charge in [0.05, 0.1) is 29.2 Å². The molecule has 0 radical (unpaired) electrons. The van der Waals surface area contributed by atoms with E-state index in [1.54, 1.807) is 26.0 Å². The molecule has 1 unspecified atom stereocenters. The zero-order valence-electron chi connectivity index (χ0n) is 22.4. The van der Waals surface area contributed by atoms with Crippen molar-refractivity contribution in [1.29, 1.82) is 10.7 Å². The van der Waals surface area contributed by atoms with Crippen molar-refractivity contribution < 1.29 is 23.5 Å². The number of aromatic nitrogens is 1. The van der Waals surface area contributed by atoms with Crippen LogP contribution < -0.4 is 10.6 Å². The van der Waals surface area contributed by atoms with Crippen LogP contribution in [0.3, 0.4) is 0 Å². The zero-order valence-corrected chi connectivity index (χ0v) is 22.4. The molecule has 0 spiro atoms. The molecule has 40 heavy (non-hydrogen) atoms. The first-order chi connectivity index (χ1) is 18.9. The first-order valence-corrected chi connectivity index (χ1v) is 12.0. The largest absolute Gasteiger partial charge is 0.504 e. The number of halogens is 2. The first-order valence-electron chi connectivity index (χ1n) is 12.0. The van der Waals surface area contributed by atoms with Crippen LogP contribution in [0.1, 0.15) is 48.2 Å². The topological polar surface area (TPSA) is 188 Å². The van der Waals surface area contributed by atoms with Gasteiger partial charge in [0.1, 0.15) is 18.3 Å². The average Bonchev–Trinajstić information content (AvgIpc) is 2.88. The fourth-order valence-corrected chi connectivity index (χ4v) is 3.44. The molecule has 1 aromatic heterocycles. The zero-order chi connectivity index (χ0) is 29.9. The number of carbonyl (C=O) groups excluding carboxylic acids is 2. The molecule has 0 bridgehead atoms. The molecule has 0 aliphatic heterocycles. The molecule has 0 saturated heterocycles. The Morgan fingerprint density at radius 3 is 2.67 bits per heavy atom. The Hall–Kier alpha value is -4.93. The van der Waals surface area contributed by atoms with Crippen molar-refractivity contribution in [2.45, 2.75) is 52.5 Å². The summed E-state index contributed by atoms with van der Waals surface area (Å²) < 4.78 is 26.9. The van der Waals surface area contributed by atoms with Gasteiger partial charge in [0.2, 0.25) is 0 Å². The van der Waals surface area contributed by atoms with Crippen molar-refractivity contribution in [2.75, 3.05) is 11.9 Å². The van der Waals surface area contributed by atoms with Crippen LogP contribution in [0.5, 0.6) is 5.75 Å². The Morgan fingerprint density at radius 2 is 2.05 bits per heavy atom. The Labute approximate surface area is 229 Å². The number of benzene rings is 1. The summed E-state index contributed by atoms with van der Waals surface area (Å²) in [6, 6.07) is 6.47. The molecular weight excluding hydrogens is 524 g/mol. The van der Waals surface area contributed by atoms with Crippen LogP contribution in [-0.4, -0.2) is 58.1 Å². The standard InChI is InChI=1S/C26H29F2N9O3/c1-5-21(26(4,27)28)36-37-33-14-17(30)13-19(34-23-20(38)7-6-9-31-23)25(40)35-22-16(3)11-15(2)12-18(22)24(39)32-10-8-29/h6-7,9,11-12,14,21,30,38H,5,10,13H2,1-4H3,(H,32,39)(H,35,40)/b30-17?,33-14+,34-19?,37-36?. The molecule has 0 fully saturated rings. The lowest BCUT2D eigenvalue weighted by atomic mass is 10.0. The van der Waals surface area contributed by atoms with Gasteiger partial charge in [-0.1, -0.05) is 13.0 Å². The second kappa shape index (κ2) is 14.3. The minimum Gasteiger partial charge on any atom is -0.504 e. The highest BCUT2D eigenvalue weighted by Crippen LogP contribution is 2.26. The normalized spacial score (nSPS) is 12.8. The van der Waals surface area contributed by atoms with Crippen LogP contribution in [0, 0.1) is 30.6 Å². The number of hydrogen-bond acceptors (Lipinski definition) is 9. The molecule has 1 heterocycles. The highest BCUT2D eigenvalue weighted by atomic mass is 19.3. The predicted molar refractivity (Wildman–Crippen MR) is 146 cm³/mol. The summed E-state index contributed by atoms with van der Waals surface area (Å²) in [7, 11) is 0. The number of alkyl halides is 2. The van der Waals surface area contributed by atoms with Gasteiger partial charge in [-0.15, -0.1) is 5.10 Å². The SMILES string of the molecule is CCC(N=N/N=C/C(=N)CC(=Nc1ncccc1O)C(=O)Nc1c(C)cc(C)cc1C(=O)NCC#N)C(C)(F)F. The van der Waals surface area contributed by atoms with Crippen LogP contribution >= 0.6 is 0 Å². The van der Waals surface area contributed by atoms with Crippen LogP contribution in [0.15, 0.2) is 50.9 Å². The maximum Gasteiger partial charge on any atom is 0.270 e. The van der Waals surface area contributed by atoms with E-state index in [-0.39, 0.29) is 47.2 Å². The Morgan fingerprint density at radius 1 is 1.32 bits per heavy atom. The summed E-state index contributed by atoms with van der Waals surface area (Å²) in [6.45, 7) is 5.44. The fourth-order valence-electron chi connectivity index (χ4n) is 3.44. The summed E-state index contributed by atoms with van der Waals surface area (Å²) in [5.74, 6) is -5.01. The number of nitriles is 1. The van der Waals surface area contributed by atoms with E-state index in [9.17, 15) is 23.5 Å². The number of aliphatic imine (C=N–C) groups is 1. The second-order valence-corrected chi connectivity index (χ2v) is 8.74. The van der Waals surface area contributed by atoms with Crippen molar-refractivity contribution >= 4 is 41.0 Å². The molecule has 4 N–H and O–H groups in total. The van der Waals surface area contributed by atoms with Gasteiger partial charge in [-0.05, 0) is 54.8 Å². The van der Waals surface area contributed by atoms with Gasteiger partial charge in [0, 0.05) is 19.5 Å².